The summed E-state index contributed by atoms with van der Waals surface area (Å²) in [5.41, 5.74) is -2.78. The van der Waals surface area contributed by atoms with Gasteiger partial charge in [0.1, 0.15) is 29.5 Å². The van der Waals surface area contributed by atoms with E-state index in [1.54, 1.807) is 41.5 Å². The van der Waals surface area contributed by atoms with Crippen molar-refractivity contribution in [3.63, 3.8) is 0 Å². The maximum absolute atomic E-state index is 12.9. The predicted octanol–water partition coefficient (Wildman–Crippen LogP) is 4.71. The van der Waals surface area contributed by atoms with E-state index in [-0.39, 0.29) is 18.1 Å². The van der Waals surface area contributed by atoms with Crippen molar-refractivity contribution in [3.05, 3.63) is 23.4 Å². The van der Waals surface area contributed by atoms with Gasteiger partial charge < -0.3 is 14.2 Å². The number of fused-ring (bicyclic) bond motifs is 1. The Bertz CT molecular complexity index is 738. The summed E-state index contributed by atoms with van der Waals surface area (Å²) in [7, 11) is 0. The number of imide groups is 1. The lowest BCUT2D eigenvalue weighted by molar-refractivity contribution is -0.141. The summed E-state index contributed by atoms with van der Waals surface area (Å²) in [6, 6.07) is 0.863. The number of amides is 2. The van der Waals surface area contributed by atoms with Crippen molar-refractivity contribution in [1.29, 1.82) is 0 Å². The number of carbonyl (C=O) groups excluding carboxylic acids is 2. The molecule has 0 saturated heterocycles. The van der Waals surface area contributed by atoms with Gasteiger partial charge in [-0.2, -0.15) is 13.2 Å². The van der Waals surface area contributed by atoms with E-state index in [0.717, 1.165) is 12.1 Å². The minimum Gasteiger partial charge on any atom is -0.475 e. The molecule has 2 heterocycles. The molecule has 1 aromatic rings. The van der Waals surface area contributed by atoms with Crippen molar-refractivity contribution in [2.45, 2.75) is 65.0 Å². The molecule has 2 rings (SSSR count). The zero-order valence-electron chi connectivity index (χ0n) is 16.5. The van der Waals surface area contributed by atoms with Crippen LogP contribution in [0.5, 0.6) is 5.88 Å². The number of aromatic nitrogens is 1. The van der Waals surface area contributed by atoms with E-state index >= 15 is 0 Å². The first-order valence-electron chi connectivity index (χ1n) is 8.54. The van der Waals surface area contributed by atoms with Crippen LogP contribution in [0, 0.1) is 0 Å². The fourth-order valence-electron chi connectivity index (χ4n) is 2.39. The lowest BCUT2D eigenvalue weighted by Crippen LogP contribution is -2.46. The van der Waals surface area contributed by atoms with Gasteiger partial charge in [-0.25, -0.2) is 19.5 Å². The number of hydrogen-bond donors (Lipinski definition) is 0. The molecule has 0 radical (unpaired) electrons. The van der Waals surface area contributed by atoms with Gasteiger partial charge in [0.2, 0.25) is 5.88 Å². The molecule has 0 saturated carbocycles. The maximum Gasteiger partial charge on any atom is 0.433 e. The molecule has 0 spiro atoms. The van der Waals surface area contributed by atoms with E-state index in [1.807, 2.05) is 0 Å². The third-order valence-corrected chi connectivity index (χ3v) is 3.41. The van der Waals surface area contributed by atoms with E-state index in [0.29, 0.717) is 4.90 Å². The number of alkyl halides is 3. The highest BCUT2D eigenvalue weighted by Gasteiger charge is 2.43. The standard InChI is InChI=1S/C18H23F3N2O5/c1-16(2,3)27-14(24)23(15(25)28-17(4,5)6)11-9-26-13-10(11)7-8-12(22-13)18(19,20)21/h7-8,11H,9H2,1-6H3. The largest absolute Gasteiger partial charge is 0.475 e. The first kappa shape index (κ1) is 21.8. The van der Waals surface area contributed by atoms with Crippen LogP contribution < -0.4 is 4.74 Å². The second-order valence-corrected chi connectivity index (χ2v) is 8.25. The van der Waals surface area contributed by atoms with Gasteiger partial charge in [0, 0.05) is 5.56 Å². The molecule has 2 amide bonds. The molecule has 1 aliphatic rings. The van der Waals surface area contributed by atoms with E-state index in [4.69, 9.17) is 14.2 Å². The minimum atomic E-state index is -4.65. The first-order valence-corrected chi connectivity index (χ1v) is 8.54. The monoisotopic (exact) mass is 404 g/mol. The van der Waals surface area contributed by atoms with Gasteiger partial charge in [-0.1, -0.05) is 0 Å². The van der Waals surface area contributed by atoms with Crippen molar-refractivity contribution >= 4 is 12.2 Å². The zero-order chi connectivity index (χ0) is 21.5. The molecule has 0 bridgehead atoms. The molecule has 1 aliphatic heterocycles. The molecular formula is C18H23F3N2O5. The number of pyridine rings is 1. The van der Waals surface area contributed by atoms with Crippen LogP contribution in [-0.4, -0.2) is 39.9 Å². The lowest BCUT2D eigenvalue weighted by atomic mass is 10.1. The third kappa shape index (κ3) is 5.26. The molecule has 1 unspecified atom stereocenters. The number of carbonyl (C=O) groups is 2. The van der Waals surface area contributed by atoms with Gasteiger partial charge in [0.25, 0.3) is 0 Å². The number of ether oxygens (including phenoxy) is 3. The first-order chi connectivity index (χ1) is 12.6. The van der Waals surface area contributed by atoms with Crippen molar-refractivity contribution in [2.24, 2.45) is 0 Å². The smallest absolute Gasteiger partial charge is 0.433 e. The number of rotatable bonds is 1. The van der Waals surface area contributed by atoms with Gasteiger partial charge in [-0.15, -0.1) is 0 Å². The fraction of sp³-hybridized carbons (Fsp3) is 0.611. The van der Waals surface area contributed by atoms with E-state index < -0.39 is 41.3 Å². The average Bonchev–Trinajstić information content (AvgIpc) is 2.85. The Morgan fingerprint density at radius 1 is 1.04 bits per heavy atom. The van der Waals surface area contributed by atoms with Crippen molar-refractivity contribution in [1.82, 2.24) is 9.88 Å². The summed E-state index contributed by atoms with van der Waals surface area (Å²) >= 11 is 0. The van der Waals surface area contributed by atoms with Gasteiger partial charge in [-0.05, 0) is 53.7 Å². The van der Waals surface area contributed by atoms with Crippen LogP contribution in [0.15, 0.2) is 12.1 Å². The van der Waals surface area contributed by atoms with Crippen LogP contribution in [0.3, 0.4) is 0 Å². The number of nitrogens with zero attached hydrogens (tertiary/aromatic N) is 2. The Morgan fingerprint density at radius 3 is 1.96 bits per heavy atom. The minimum absolute atomic E-state index is 0.157. The van der Waals surface area contributed by atoms with E-state index in [9.17, 15) is 22.8 Å². The van der Waals surface area contributed by atoms with Crippen molar-refractivity contribution in [3.8, 4) is 5.88 Å². The summed E-state index contributed by atoms with van der Waals surface area (Å²) in [5.74, 6) is -0.294. The molecule has 28 heavy (non-hydrogen) atoms. The highest BCUT2D eigenvalue weighted by molar-refractivity contribution is 5.89. The topological polar surface area (TPSA) is 78.0 Å². The second-order valence-electron chi connectivity index (χ2n) is 8.25. The van der Waals surface area contributed by atoms with E-state index in [1.165, 1.54) is 0 Å². The lowest BCUT2D eigenvalue weighted by Gasteiger charge is -2.31. The van der Waals surface area contributed by atoms with Gasteiger partial charge in [0.05, 0.1) is 0 Å². The second kappa shape index (κ2) is 7.14. The maximum atomic E-state index is 12.9. The molecule has 156 valence electrons. The summed E-state index contributed by atoms with van der Waals surface area (Å²) < 4.78 is 54.4. The summed E-state index contributed by atoms with van der Waals surface area (Å²) in [5, 5.41) is 0. The van der Waals surface area contributed by atoms with Gasteiger partial charge in [-0.3, -0.25) is 0 Å². The molecule has 0 fully saturated rings. The van der Waals surface area contributed by atoms with Crippen LogP contribution in [0.4, 0.5) is 22.8 Å². The summed E-state index contributed by atoms with van der Waals surface area (Å²) in [6.45, 7) is 9.46. The molecule has 0 aliphatic carbocycles. The van der Waals surface area contributed by atoms with Crippen LogP contribution in [-0.2, 0) is 15.7 Å². The Kier molecular flexibility index (Phi) is 5.55. The van der Waals surface area contributed by atoms with Gasteiger partial charge >= 0.3 is 18.4 Å². The quantitative estimate of drug-likeness (QED) is 0.675. The van der Waals surface area contributed by atoms with Crippen molar-refractivity contribution in [2.75, 3.05) is 6.61 Å². The average molecular weight is 404 g/mol. The Hall–Kier alpha value is -2.52. The molecular weight excluding hydrogens is 381 g/mol. The van der Waals surface area contributed by atoms with Gasteiger partial charge in [0.15, 0.2) is 0 Å². The highest BCUT2D eigenvalue weighted by atomic mass is 19.4. The molecule has 1 atom stereocenters. The third-order valence-electron chi connectivity index (χ3n) is 3.41. The SMILES string of the molecule is CC(C)(C)OC(=O)N(C(=O)OC(C)(C)C)C1COc2nc(C(F)(F)F)ccc21. The Balaban J connectivity index is 2.40. The normalized spacial score (nSPS) is 16.8. The van der Waals surface area contributed by atoms with E-state index in [2.05, 4.69) is 4.98 Å². The molecule has 1 aromatic heterocycles. The zero-order valence-corrected chi connectivity index (χ0v) is 16.5. The molecule has 0 N–H and O–H groups in total. The number of hydrogen-bond acceptors (Lipinski definition) is 6. The summed E-state index contributed by atoms with van der Waals surface area (Å²) in [6.07, 6.45) is -6.64. The van der Waals surface area contributed by atoms with Crippen LogP contribution in [0.1, 0.15) is 58.8 Å². The molecule has 0 aromatic carbocycles. The highest BCUT2D eigenvalue weighted by Crippen LogP contribution is 2.39. The van der Waals surface area contributed by atoms with Crippen LogP contribution >= 0.6 is 0 Å². The number of halogens is 3. The summed E-state index contributed by atoms with van der Waals surface area (Å²) in [4.78, 5) is 29.5. The fourth-order valence-corrected chi connectivity index (χ4v) is 2.39. The molecule has 7 nitrogen and oxygen atoms in total. The molecule has 10 heteroatoms. The Labute approximate surface area is 160 Å². The predicted molar refractivity (Wildman–Crippen MR) is 91.8 cm³/mol. The Morgan fingerprint density at radius 2 is 1.54 bits per heavy atom. The van der Waals surface area contributed by atoms with Crippen LogP contribution in [0.2, 0.25) is 0 Å². The van der Waals surface area contributed by atoms with Crippen LogP contribution in [0.25, 0.3) is 0 Å². The van der Waals surface area contributed by atoms with Crippen molar-refractivity contribution < 1.29 is 37.0 Å².